The number of benzene rings is 5. The van der Waals surface area contributed by atoms with Crippen molar-refractivity contribution < 1.29 is 28.8 Å². The summed E-state index contributed by atoms with van der Waals surface area (Å²) in [6, 6.07) is 53.2. The molecule has 0 radical (unpaired) electrons. The summed E-state index contributed by atoms with van der Waals surface area (Å²) in [6.45, 7) is 3.02. The van der Waals surface area contributed by atoms with Gasteiger partial charge in [-0.3, -0.25) is 4.79 Å². The second-order valence-corrected chi connectivity index (χ2v) is 15.7. The lowest BCUT2D eigenvalue weighted by Crippen LogP contribution is -3.00. The van der Waals surface area contributed by atoms with Crippen LogP contribution in [0.3, 0.4) is 0 Å². The highest BCUT2D eigenvalue weighted by Crippen LogP contribution is 2.58. The van der Waals surface area contributed by atoms with E-state index in [1.54, 1.807) is 0 Å². The van der Waals surface area contributed by atoms with Gasteiger partial charge in [0.1, 0.15) is 23.2 Å². The van der Waals surface area contributed by atoms with Crippen LogP contribution in [0.2, 0.25) is 0 Å². The van der Waals surface area contributed by atoms with Crippen molar-refractivity contribution in [2.24, 2.45) is 0 Å². The predicted octanol–water partition coefficient (Wildman–Crippen LogP) is 7.52. The fourth-order valence-electron chi connectivity index (χ4n) is 6.11. The van der Waals surface area contributed by atoms with E-state index >= 15 is 0 Å². The number of hydrogen-bond acceptors (Lipinski definition) is 1. The molecule has 5 rings (SSSR count). The van der Waals surface area contributed by atoms with E-state index < -0.39 is 7.26 Å². The molecule has 5 aromatic rings. The fraction of sp³-hybridized carbons (Fsp3) is 0.295. The van der Waals surface area contributed by atoms with Gasteiger partial charge in [-0.1, -0.05) is 168 Å². The Morgan fingerprint density at radius 2 is 0.833 bits per heavy atom. The number of rotatable bonds is 17. The Bertz CT molecular complexity index is 1390. The maximum atomic E-state index is 12.9. The highest BCUT2D eigenvalue weighted by Gasteiger charge is 2.45. The number of carbonyl (C=O) groups is 1. The zero-order chi connectivity index (χ0) is 32.8. The van der Waals surface area contributed by atoms with Crippen LogP contribution in [0.1, 0.15) is 87.1 Å². The SMILES string of the molecule is CCCCCCCCCCCCNC(=O)c1ccc(C[P+](c2ccccc2)(c2ccccc2)c2ccccc2)cc1.[I-].c1ccccc1. The van der Waals surface area contributed by atoms with Crippen molar-refractivity contribution in [2.75, 3.05) is 6.54 Å². The molecule has 252 valence electrons. The van der Waals surface area contributed by atoms with E-state index in [2.05, 4.69) is 115 Å². The molecule has 0 unspecified atom stereocenters. The summed E-state index contributed by atoms with van der Waals surface area (Å²) in [4.78, 5) is 12.9. The summed E-state index contributed by atoms with van der Waals surface area (Å²) in [5, 5.41) is 7.25. The lowest BCUT2D eigenvalue weighted by atomic mass is 10.1. The molecule has 0 heterocycles. The summed E-state index contributed by atoms with van der Waals surface area (Å²) in [5.41, 5.74) is 1.99. The van der Waals surface area contributed by atoms with E-state index in [9.17, 15) is 4.79 Å². The zero-order valence-electron chi connectivity index (χ0n) is 28.7. The van der Waals surface area contributed by atoms with Crippen LogP contribution < -0.4 is 45.2 Å². The maximum Gasteiger partial charge on any atom is 0.251 e. The van der Waals surface area contributed by atoms with Crippen LogP contribution in [-0.4, -0.2) is 12.5 Å². The van der Waals surface area contributed by atoms with Crippen molar-refractivity contribution >= 4 is 29.1 Å². The summed E-state index contributed by atoms with van der Waals surface area (Å²) < 4.78 is 0. The van der Waals surface area contributed by atoms with Gasteiger partial charge in [0.2, 0.25) is 0 Å². The molecule has 0 saturated heterocycles. The minimum absolute atomic E-state index is 0. The molecule has 2 nitrogen and oxygen atoms in total. The quantitative estimate of drug-likeness (QED) is 0.0593. The van der Waals surface area contributed by atoms with E-state index in [-0.39, 0.29) is 29.9 Å². The first-order valence-electron chi connectivity index (χ1n) is 17.7. The molecular formula is C44H53INOP. The Labute approximate surface area is 308 Å². The Morgan fingerprint density at radius 1 is 0.479 bits per heavy atom. The first kappa shape index (κ1) is 39.2. The number of amides is 1. The summed E-state index contributed by atoms with van der Waals surface area (Å²) in [7, 11) is -1.96. The largest absolute Gasteiger partial charge is 1.00 e. The molecule has 0 saturated carbocycles. The molecular weight excluding hydrogens is 716 g/mol. The second kappa shape index (κ2) is 23.1. The fourth-order valence-corrected chi connectivity index (χ4v) is 10.3. The average molecular weight is 770 g/mol. The normalized spacial score (nSPS) is 10.7. The first-order chi connectivity index (χ1) is 23.2. The van der Waals surface area contributed by atoms with Crippen LogP contribution in [0.4, 0.5) is 0 Å². The van der Waals surface area contributed by atoms with Gasteiger partial charge in [0.15, 0.2) is 0 Å². The first-order valence-corrected chi connectivity index (χ1v) is 19.6. The van der Waals surface area contributed by atoms with E-state index in [1.165, 1.54) is 79.3 Å². The smallest absolute Gasteiger partial charge is 0.251 e. The van der Waals surface area contributed by atoms with Gasteiger partial charge in [0.05, 0.1) is 6.16 Å². The minimum atomic E-state index is -1.96. The number of hydrogen-bond donors (Lipinski definition) is 1. The topological polar surface area (TPSA) is 29.1 Å². The number of unbranched alkanes of at least 4 members (excludes halogenated alkanes) is 9. The van der Waals surface area contributed by atoms with Crippen LogP contribution >= 0.6 is 7.26 Å². The molecule has 5 aromatic carbocycles. The summed E-state index contributed by atoms with van der Waals surface area (Å²) in [6.07, 6.45) is 13.9. The molecule has 0 fully saturated rings. The molecule has 4 heteroatoms. The van der Waals surface area contributed by atoms with Gasteiger partial charge >= 0.3 is 0 Å². The highest BCUT2D eigenvalue weighted by atomic mass is 127. The van der Waals surface area contributed by atoms with Gasteiger partial charge in [0, 0.05) is 12.1 Å². The van der Waals surface area contributed by atoms with Crippen molar-refractivity contribution in [3.63, 3.8) is 0 Å². The molecule has 0 bridgehead atoms. The Kier molecular flexibility index (Phi) is 18.9. The van der Waals surface area contributed by atoms with Gasteiger partial charge in [0.25, 0.3) is 5.91 Å². The van der Waals surface area contributed by atoms with Crippen LogP contribution in [0.25, 0.3) is 0 Å². The third-order valence-corrected chi connectivity index (χ3v) is 13.1. The van der Waals surface area contributed by atoms with Crippen LogP contribution in [-0.2, 0) is 6.16 Å². The summed E-state index contributed by atoms with van der Waals surface area (Å²) in [5.74, 6) is 0.0303. The summed E-state index contributed by atoms with van der Waals surface area (Å²) >= 11 is 0. The van der Waals surface area contributed by atoms with Crippen LogP contribution in [0, 0.1) is 0 Å². The maximum absolute atomic E-state index is 12.9. The van der Waals surface area contributed by atoms with E-state index in [0.717, 1.165) is 24.7 Å². The third kappa shape index (κ3) is 12.6. The molecule has 0 aliphatic carbocycles. The number of nitrogens with one attached hydrogen (secondary N) is 1. The predicted molar refractivity (Wildman–Crippen MR) is 206 cm³/mol. The molecule has 48 heavy (non-hydrogen) atoms. The molecule has 1 amide bonds. The van der Waals surface area contributed by atoms with Crippen molar-refractivity contribution in [3.05, 3.63) is 163 Å². The molecule has 0 atom stereocenters. The van der Waals surface area contributed by atoms with Crippen molar-refractivity contribution in [1.29, 1.82) is 0 Å². The van der Waals surface area contributed by atoms with Gasteiger partial charge in [-0.25, -0.2) is 0 Å². The minimum Gasteiger partial charge on any atom is -1.00 e. The average Bonchev–Trinajstić information content (AvgIpc) is 3.15. The van der Waals surface area contributed by atoms with Gasteiger partial charge in [-0.05, 0) is 60.5 Å². The standard InChI is InChI=1S/C38H46NOP.C6H6.HI/c1-2-3-4-5-6-7-8-9-10-20-31-39-38(40)34-29-27-33(28-30-34)32-41(35-21-14-11-15-22-35,36-23-16-12-17-24-36)37-25-18-13-19-26-37;1-2-4-6-5-3-1;/h11-19,21-30H,2-10,20,31-32H2,1H3;1-6H;1H. The molecule has 0 aliphatic heterocycles. The Morgan fingerprint density at radius 3 is 1.23 bits per heavy atom. The second-order valence-electron chi connectivity index (χ2n) is 12.3. The molecule has 1 N–H and O–H groups in total. The molecule has 0 aliphatic rings. The van der Waals surface area contributed by atoms with Crippen molar-refractivity contribution in [3.8, 4) is 0 Å². The molecule has 0 aromatic heterocycles. The van der Waals surface area contributed by atoms with Crippen molar-refractivity contribution in [2.45, 2.75) is 77.3 Å². The number of halogens is 1. The lowest BCUT2D eigenvalue weighted by Gasteiger charge is -2.28. The van der Waals surface area contributed by atoms with E-state index in [1.807, 2.05) is 48.5 Å². The number of carbonyl (C=O) groups excluding carboxylic acids is 1. The Balaban J connectivity index is 0.000000804. The lowest BCUT2D eigenvalue weighted by molar-refractivity contribution is -0.0000178. The monoisotopic (exact) mass is 769 g/mol. The molecule has 0 spiro atoms. The van der Waals surface area contributed by atoms with Crippen molar-refractivity contribution in [1.82, 2.24) is 5.32 Å². The Hall–Kier alpha value is -3.27. The highest BCUT2D eigenvalue weighted by molar-refractivity contribution is 7.95. The van der Waals surface area contributed by atoms with Gasteiger partial charge < -0.3 is 29.3 Å². The third-order valence-electron chi connectivity index (χ3n) is 8.71. The van der Waals surface area contributed by atoms with Crippen LogP contribution in [0.15, 0.2) is 152 Å². The van der Waals surface area contributed by atoms with E-state index in [0.29, 0.717) is 0 Å². The van der Waals surface area contributed by atoms with Crippen LogP contribution in [0.5, 0.6) is 0 Å². The van der Waals surface area contributed by atoms with Gasteiger partial charge in [-0.15, -0.1) is 0 Å². The zero-order valence-corrected chi connectivity index (χ0v) is 31.7. The van der Waals surface area contributed by atoms with E-state index in [4.69, 9.17) is 0 Å². The van der Waals surface area contributed by atoms with Gasteiger partial charge in [-0.2, -0.15) is 0 Å².